The van der Waals surface area contributed by atoms with Crippen molar-refractivity contribution in [3.05, 3.63) is 0 Å². The molecule has 1 aliphatic rings. The Morgan fingerprint density at radius 2 is 2.23 bits per heavy atom. The lowest BCUT2D eigenvalue weighted by Crippen LogP contribution is -2.36. The zero-order chi connectivity index (χ0) is 9.84. The summed E-state index contributed by atoms with van der Waals surface area (Å²) in [6.45, 7) is 6.44. The Labute approximate surface area is 81.0 Å². The van der Waals surface area contributed by atoms with Gasteiger partial charge in [-0.2, -0.15) is 0 Å². The van der Waals surface area contributed by atoms with Crippen molar-refractivity contribution in [2.45, 2.75) is 32.7 Å². The molecule has 2 N–H and O–H groups in total. The lowest BCUT2D eigenvalue weighted by molar-refractivity contribution is 0.252. The molecule has 0 bridgehead atoms. The fraction of sp³-hybridized carbons (Fsp3) is 0.900. The third-order valence-electron chi connectivity index (χ3n) is 2.52. The highest BCUT2D eigenvalue weighted by atomic mass is 15.1. The molecule has 13 heavy (non-hydrogen) atoms. The number of amidine groups is 1. The molecule has 3 nitrogen and oxygen atoms in total. The van der Waals surface area contributed by atoms with Crippen molar-refractivity contribution in [3.63, 3.8) is 0 Å². The Kier molecular flexibility index (Phi) is 3.72. The van der Waals surface area contributed by atoms with Crippen molar-refractivity contribution in [3.8, 4) is 0 Å². The maximum atomic E-state index is 5.82. The number of rotatable bonds is 2. The van der Waals surface area contributed by atoms with Crippen molar-refractivity contribution in [2.75, 3.05) is 20.1 Å². The van der Waals surface area contributed by atoms with Gasteiger partial charge in [-0.25, -0.2) is 0 Å². The zero-order valence-corrected chi connectivity index (χ0v) is 8.95. The first-order chi connectivity index (χ1) is 6.09. The topological polar surface area (TPSA) is 41.6 Å². The summed E-state index contributed by atoms with van der Waals surface area (Å²) >= 11 is 0. The molecule has 0 aromatic heterocycles. The molecule has 0 radical (unpaired) electrons. The van der Waals surface area contributed by atoms with Crippen molar-refractivity contribution in [1.29, 1.82) is 0 Å². The minimum absolute atomic E-state index is 0.382. The number of likely N-dealkylation sites (N-methyl/N-ethyl adjacent to an activating group) is 1. The van der Waals surface area contributed by atoms with Gasteiger partial charge in [0.15, 0.2) is 0 Å². The van der Waals surface area contributed by atoms with Gasteiger partial charge in [0.2, 0.25) is 0 Å². The number of aliphatic imine (C=N–C) groups is 1. The smallest absolute Gasteiger partial charge is 0.0966 e. The van der Waals surface area contributed by atoms with Gasteiger partial charge in [-0.05, 0) is 26.4 Å². The van der Waals surface area contributed by atoms with Gasteiger partial charge >= 0.3 is 0 Å². The van der Waals surface area contributed by atoms with Gasteiger partial charge in [-0.15, -0.1) is 0 Å². The van der Waals surface area contributed by atoms with E-state index in [9.17, 15) is 0 Å². The van der Waals surface area contributed by atoms with E-state index in [0.29, 0.717) is 12.0 Å². The number of hydrogen-bond acceptors (Lipinski definition) is 2. The Bertz CT molecular complexity index is 187. The first-order valence-electron chi connectivity index (χ1n) is 5.11. The van der Waals surface area contributed by atoms with Gasteiger partial charge in [0.25, 0.3) is 0 Å². The first kappa shape index (κ1) is 10.5. The fourth-order valence-electron chi connectivity index (χ4n) is 1.60. The van der Waals surface area contributed by atoms with E-state index in [2.05, 4.69) is 30.8 Å². The standard InChI is InChI=1S/C10H21N3/c1-8(2)10(11)12-9-5-4-6-13(3)7-9/h8-9H,4-7H2,1-3H3,(H2,11,12). The molecular weight excluding hydrogens is 162 g/mol. The summed E-state index contributed by atoms with van der Waals surface area (Å²) in [5.74, 6) is 1.19. The molecule has 1 rings (SSSR count). The van der Waals surface area contributed by atoms with Crippen LogP contribution < -0.4 is 5.73 Å². The average molecular weight is 183 g/mol. The second-order valence-corrected chi connectivity index (χ2v) is 4.27. The van der Waals surface area contributed by atoms with Crippen LogP contribution in [0.1, 0.15) is 26.7 Å². The number of nitrogens with two attached hydrogens (primary N) is 1. The van der Waals surface area contributed by atoms with Crippen LogP contribution in [0.2, 0.25) is 0 Å². The second kappa shape index (κ2) is 4.61. The summed E-state index contributed by atoms with van der Waals surface area (Å²) in [4.78, 5) is 6.86. The van der Waals surface area contributed by atoms with Crippen molar-refractivity contribution < 1.29 is 0 Å². The number of piperidine rings is 1. The van der Waals surface area contributed by atoms with Crippen LogP contribution in [-0.2, 0) is 0 Å². The minimum Gasteiger partial charge on any atom is -0.387 e. The molecule has 1 unspecified atom stereocenters. The van der Waals surface area contributed by atoms with Crippen molar-refractivity contribution in [1.82, 2.24) is 4.90 Å². The third-order valence-corrected chi connectivity index (χ3v) is 2.52. The van der Waals surface area contributed by atoms with E-state index in [1.807, 2.05) is 0 Å². The quantitative estimate of drug-likeness (QED) is 0.514. The maximum absolute atomic E-state index is 5.82. The molecule has 0 aliphatic carbocycles. The van der Waals surface area contributed by atoms with Gasteiger partial charge in [0.05, 0.1) is 11.9 Å². The molecule has 0 amide bonds. The van der Waals surface area contributed by atoms with Gasteiger partial charge < -0.3 is 10.6 Å². The first-order valence-corrected chi connectivity index (χ1v) is 5.11. The number of nitrogens with zero attached hydrogens (tertiary/aromatic N) is 2. The Morgan fingerprint density at radius 3 is 2.77 bits per heavy atom. The number of likely N-dealkylation sites (tertiary alicyclic amines) is 1. The monoisotopic (exact) mass is 183 g/mol. The van der Waals surface area contributed by atoms with Crippen molar-refractivity contribution in [2.24, 2.45) is 16.6 Å². The van der Waals surface area contributed by atoms with E-state index < -0.39 is 0 Å². The summed E-state index contributed by atoms with van der Waals surface area (Å²) in [7, 11) is 2.15. The molecule has 1 saturated heterocycles. The molecule has 0 saturated carbocycles. The fourth-order valence-corrected chi connectivity index (χ4v) is 1.60. The minimum atomic E-state index is 0.382. The Morgan fingerprint density at radius 1 is 1.54 bits per heavy atom. The Hall–Kier alpha value is -0.570. The van der Waals surface area contributed by atoms with Crippen LogP contribution in [0.5, 0.6) is 0 Å². The van der Waals surface area contributed by atoms with Gasteiger partial charge in [-0.1, -0.05) is 13.8 Å². The highest BCUT2D eigenvalue weighted by Gasteiger charge is 2.16. The van der Waals surface area contributed by atoms with Crippen LogP contribution in [0.3, 0.4) is 0 Å². The van der Waals surface area contributed by atoms with E-state index in [-0.39, 0.29) is 0 Å². The van der Waals surface area contributed by atoms with Gasteiger partial charge in [-0.3, -0.25) is 4.99 Å². The van der Waals surface area contributed by atoms with Gasteiger partial charge in [0.1, 0.15) is 0 Å². The predicted octanol–water partition coefficient (Wildman–Crippen LogP) is 1.09. The molecule has 1 atom stereocenters. The lowest BCUT2D eigenvalue weighted by atomic mass is 10.1. The zero-order valence-electron chi connectivity index (χ0n) is 8.95. The van der Waals surface area contributed by atoms with E-state index in [1.165, 1.54) is 19.4 Å². The van der Waals surface area contributed by atoms with E-state index in [1.54, 1.807) is 0 Å². The molecule has 3 heteroatoms. The molecule has 1 fully saturated rings. The van der Waals surface area contributed by atoms with E-state index in [0.717, 1.165) is 12.4 Å². The molecule has 0 aromatic rings. The predicted molar refractivity (Wildman–Crippen MR) is 57.0 cm³/mol. The molecular formula is C10H21N3. The summed E-state index contributed by atoms with van der Waals surface area (Å²) in [6.07, 6.45) is 2.44. The van der Waals surface area contributed by atoms with Crippen molar-refractivity contribution >= 4 is 5.84 Å². The van der Waals surface area contributed by atoms with Gasteiger partial charge in [0, 0.05) is 12.5 Å². The molecule has 0 aromatic carbocycles. The highest BCUT2D eigenvalue weighted by molar-refractivity contribution is 5.82. The Balaban J connectivity index is 2.47. The lowest BCUT2D eigenvalue weighted by Gasteiger charge is -2.27. The van der Waals surface area contributed by atoms with Crippen LogP contribution in [-0.4, -0.2) is 36.9 Å². The summed E-state index contributed by atoms with van der Waals surface area (Å²) in [6, 6.07) is 0.432. The maximum Gasteiger partial charge on any atom is 0.0966 e. The van der Waals surface area contributed by atoms with Crippen LogP contribution in [0.15, 0.2) is 4.99 Å². The van der Waals surface area contributed by atoms with Crippen LogP contribution in [0.25, 0.3) is 0 Å². The largest absolute Gasteiger partial charge is 0.387 e. The highest BCUT2D eigenvalue weighted by Crippen LogP contribution is 2.11. The summed E-state index contributed by atoms with van der Waals surface area (Å²) in [5, 5.41) is 0. The van der Waals surface area contributed by atoms with Crippen LogP contribution in [0.4, 0.5) is 0 Å². The SMILES string of the molecule is CC(C)C(N)=NC1CCCN(C)C1. The number of hydrogen-bond donors (Lipinski definition) is 1. The summed E-state index contributed by atoms with van der Waals surface area (Å²) < 4.78 is 0. The molecule has 1 heterocycles. The summed E-state index contributed by atoms with van der Waals surface area (Å²) in [5.41, 5.74) is 5.82. The normalized spacial score (nSPS) is 26.8. The molecule has 76 valence electrons. The van der Waals surface area contributed by atoms with E-state index in [4.69, 9.17) is 5.73 Å². The average Bonchev–Trinajstić information content (AvgIpc) is 2.04. The molecule has 1 aliphatic heterocycles. The van der Waals surface area contributed by atoms with Crippen LogP contribution >= 0.6 is 0 Å². The second-order valence-electron chi connectivity index (χ2n) is 4.27. The van der Waals surface area contributed by atoms with Crippen LogP contribution in [0, 0.1) is 5.92 Å². The molecule has 0 spiro atoms. The third kappa shape index (κ3) is 3.35. The van der Waals surface area contributed by atoms with E-state index >= 15 is 0 Å².